The SMILES string of the molecule is CN=C(NCC(C)(C)CCS(C)(=O)=O)NC(C)c1cccc(N2CCCC2)c1. The molecule has 1 aromatic rings. The molecule has 1 atom stereocenters. The number of sulfone groups is 1. The van der Waals surface area contributed by atoms with Gasteiger partial charge < -0.3 is 15.5 Å². The summed E-state index contributed by atoms with van der Waals surface area (Å²) in [5, 5.41) is 6.80. The maximum Gasteiger partial charge on any atom is 0.191 e. The van der Waals surface area contributed by atoms with Gasteiger partial charge >= 0.3 is 0 Å². The van der Waals surface area contributed by atoms with E-state index in [0.717, 1.165) is 19.0 Å². The first-order valence-electron chi connectivity index (χ1n) is 10.1. The zero-order valence-corrected chi connectivity index (χ0v) is 18.8. The van der Waals surface area contributed by atoms with Crippen molar-refractivity contribution in [1.82, 2.24) is 10.6 Å². The van der Waals surface area contributed by atoms with Crippen LogP contribution in [0.3, 0.4) is 0 Å². The normalized spacial score (nSPS) is 16.9. The second-order valence-corrected chi connectivity index (χ2v) is 10.9. The lowest BCUT2D eigenvalue weighted by Gasteiger charge is -2.27. The van der Waals surface area contributed by atoms with Crippen LogP contribution in [0.15, 0.2) is 29.3 Å². The summed E-state index contributed by atoms with van der Waals surface area (Å²) in [4.78, 5) is 6.77. The van der Waals surface area contributed by atoms with Gasteiger partial charge in [0.05, 0.1) is 11.8 Å². The molecule has 2 N–H and O–H groups in total. The van der Waals surface area contributed by atoms with Crippen LogP contribution in [0.5, 0.6) is 0 Å². The van der Waals surface area contributed by atoms with Crippen LogP contribution in [-0.4, -0.2) is 53.1 Å². The van der Waals surface area contributed by atoms with Gasteiger partial charge in [0.25, 0.3) is 0 Å². The first kappa shape index (κ1) is 22.5. The number of rotatable bonds is 8. The van der Waals surface area contributed by atoms with Crippen LogP contribution in [-0.2, 0) is 9.84 Å². The van der Waals surface area contributed by atoms with Crippen molar-refractivity contribution in [3.05, 3.63) is 29.8 Å². The van der Waals surface area contributed by atoms with E-state index in [2.05, 4.69) is 65.6 Å². The standard InChI is InChI=1S/C21H36N4O2S/c1-17(18-9-8-10-19(15-18)25-12-6-7-13-25)24-20(22-4)23-16-21(2,3)11-14-28(5,26)27/h8-10,15,17H,6-7,11-14,16H2,1-5H3,(H2,22,23,24). The smallest absolute Gasteiger partial charge is 0.191 e. The molecule has 28 heavy (non-hydrogen) atoms. The fraction of sp³-hybridized carbons (Fsp3) is 0.667. The summed E-state index contributed by atoms with van der Waals surface area (Å²) in [6.07, 6.45) is 4.44. The minimum Gasteiger partial charge on any atom is -0.372 e. The summed E-state index contributed by atoms with van der Waals surface area (Å²) in [6, 6.07) is 8.81. The molecule has 1 heterocycles. The van der Waals surface area contributed by atoms with Crippen molar-refractivity contribution < 1.29 is 8.42 Å². The van der Waals surface area contributed by atoms with Crippen molar-refractivity contribution in [2.24, 2.45) is 10.4 Å². The number of hydrogen-bond acceptors (Lipinski definition) is 4. The Kier molecular flexibility index (Phi) is 7.75. The van der Waals surface area contributed by atoms with Crippen LogP contribution in [0.25, 0.3) is 0 Å². The second-order valence-electron chi connectivity index (χ2n) is 8.63. The summed E-state index contributed by atoms with van der Waals surface area (Å²) in [5.41, 5.74) is 2.37. The molecular weight excluding hydrogens is 372 g/mol. The largest absolute Gasteiger partial charge is 0.372 e. The third-order valence-electron chi connectivity index (χ3n) is 5.30. The van der Waals surface area contributed by atoms with Crippen LogP contribution in [0.2, 0.25) is 0 Å². The lowest BCUT2D eigenvalue weighted by atomic mass is 9.90. The van der Waals surface area contributed by atoms with E-state index in [1.165, 1.54) is 30.3 Å². The average Bonchev–Trinajstić information content (AvgIpc) is 3.18. The van der Waals surface area contributed by atoms with E-state index in [1.807, 2.05) is 0 Å². The molecule has 158 valence electrons. The highest BCUT2D eigenvalue weighted by atomic mass is 32.2. The Morgan fingerprint density at radius 1 is 1.29 bits per heavy atom. The zero-order chi connectivity index (χ0) is 20.8. The fourth-order valence-corrected chi connectivity index (χ4v) is 4.25. The molecule has 1 aromatic carbocycles. The van der Waals surface area contributed by atoms with E-state index in [-0.39, 0.29) is 17.2 Å². The number of benzene rings is 1. The number of aliphatic imine (C=N–C) groups is 1. The van der Waals surface area contributed by atoms with Crippen molar-refractivity contribution in [3.8, 4) is 0 Å². The Morgan fingerprint density at radius 3 is 2.57 bits per heavy atom. The molecular formula is C21H36N4O2S. The maximum absolute atomic E-state index is 11.4. The van der Waals surface area contributed by atoms with Crippen molar-refractivity contribution in [1.29, 1.82) is 0 Å². The molecule has 1 unspecified atom stereocenters. The van der Waals surface area contributed by atoms with Gasteiger partial charge in [-0.05, 0) is 49.3 Å². The van der Waals surface area contributed by atoms with Crippen molar-refractivity contribution in [3.63, 3.8) is 0 Å². The molecule has 0 aromatic heterocycles. The minimum absolute atomic E-state index is 0.118. The van der Waals surface area contributed by atoms with Gasteiger partial charge in [0, 0.05) is 38.6 Å². The van der Waals surface area contributed by atoms with Crippen LogP contribution in [0, 0.1) is 5.41 Å². The van der Waals surface area contributed by atoms with Gasteiger partial charge in [-0.1, -0.05) is 26.0 Å². The zero-order valence-electron chi connectivity index (χ0n) is 18.0. The quantitative estimate of drug-likeness (QED) is 0.511. The summed E-state index contributed by atoms with van der Waals surface area (Å²) in [6.45, 7) is 9.20. The monoisotopic (exact) mass is 408 g/mol. The van der Waals surface area contributed by atoms with Crippen LogP contribution in [0.1, 0.15) is 51.6 Å². The molecule has 1 aliphatic rings. The lowest BCUT2D eigenvalue weighted by Crippen LogP contribution is -2.43. The molecule has 0 radical (unpaired) electrons. The number of guanidine groups is 1. The topological polar surface area (TPSA) is 73.8 Å². The first-order chi connectivity index (χ1) is 13.1. The average molecular weight is 409 g/mol. The Morgan fingerprint density at radius 2 is 1.96 bits per heavy atom. The first-order valence-corrected chi connectivity index (χ1v) is 12.2. The third-order valence-corrected chi connectivity index (χ3v) is 6.25. The van der Waals surface area contributed by atoms with Gasteiger partial charge in [-0.2, -0.15) is 0 Å². The van der Waals surface area contributed by atoms with E-state index < -0.39 is 9.84 Å². The molecule has 1 aliphatic heterocycles. The van der Waals surface area contributed by atoms with Gasteiger partial charge in [-0.3, -0.25) is 4.99 Å². The van der Waals surface area contributed by atoms with Gasteiger partial charge in [0.1, 0.15) is 9.84 Å². The van der Waals surface area contributed by atoms with Crippen molar-refractivity contribution in [2.45, 2.75) is 46.1 Å². The molecule has 1 saturated heterocycles. The van der Waals surface area contributed by atoms with E-state index >= 15 is 0 Å². The molecule has 6 nitrogen and oxygen atoms in total. The maximum atomic E-state index is 11.4. The van der Waals surface area contributed by atoms with E-state index in [1.54, 1.807) is 7.05 Å². The van der Waals surface area contributed by atoms with Crippen LogP contribution < -0.4 is 15.5 Å². The molecule has 2 rings (SSSR count). The van der Waals surface area contributed by atoms with E-state index in [0.29, 0.717) is 13.0 Å². The van der Waals surface area contributed by atoms with Crippen molar-refractivity contribution >= 4 is 21.5 Å². The molecule has 0 amide bonds. The lowest BCUT2D eigenvalue weighted by molar-refractivity contribution is 0.348. The number of hydrogen-bond donors (Lipinski definition) is 2. The van der Waals surface area contributed by atoms with Gasteiger partial charge in [0.15, 0.2) is 5.96 Å². The fourth-order valence-electron chi connectivity index (χ4n) is 3.32. The number of nitrogens with zero attached hydrogens (tertiary/aromatic N) is 2. The second kappa shape index (κ2) is 9.63. The minimum atomic E-state index is -2.95. The van der Waals surface area contributed by atoms with Gasteiger partial charge in [-0.15, -0.1) is 0 Å². The molecule has 1 fully saturated rings. The number of anilines is 1. The van der Waals surface area contributed by atoms with Gasteiger partial charge in [-0.25, -0.2) is 8.42 Å². The van der Waals surface area contributed by atoms with E-state index in [9.17, 15) is 8.42 Å². The molecule has 0 bridgehead atoms. The summed E-state index contributed by atoms with van der Waals surface area (Å²) in [5.74, 6) is 0.930. The van der Waals surface area contributed by atoms with Crippen LogP contribution >= 0.6 is 0 Å². The van der Waals surface area contributed by atoms with Crippen molar-refractivity contribution in [2.75, 3.05) is 43.6 Å². The van der Waals surface area contributed by atoms with Crippen LogP contribution in [0.4, 0.5) is 5.69 Å². The predicted octanol–water partition coefficient (Wildman–Crippen LogP) is 2.97. The molecule has 0 aliphatic carbocycles. The molecule has 0 saturated carbocycles. The highest BCUT2D eigenvalue weighted by Gasteiger charge is 2.21. The Bertz CT molecular complexity index is 768. The summed E-state index contributed by atoms with van der Waals surface area (Å²) < 4.78 is 22.9. The third kappa shape index (κ3) is 7.34. The summed E-state index contributed by atoms with van der Waals surface area (Å²) in [7, 11) is -1.19. The molecule has 0 spiro atoms. The highest BCUT2D eigenvalue weighted by Crippen LogP contribution is 2.24. The Balaban J connectivity index is 1.92. The number of nitrogens with one attached hydrogen (secondary N) is 2. The predicted molar refractivity (Wildman–Crippen MR) is 119 cm³/mol. The Labute approximate surface area is 170 Å². The Hall–Kier alpha value is -1.76. The molecule has 7 heteroatoms. The summed E-state index contributed by atoms with van der Waals surface area (Å²) >= 11 is 0. The highest BCUT2D eigenvalue weighted by molar-refractivity contribution is 7.90. The van der Waals surface area contributed by atoms with Gasteiger partial charge in [0.2, 0.25) is 0 Å². The van der Waals surface area contributed by atoms with E-state index in [4.69, 9.17) is 0 Å².